The van der Waals surface area contributed by atoms with E-state index in [1.807, 2.05) is 29.8 Å². The molecule has 0 aromatic carbocycles. The average Bonchev–Trinajstić information content (AvgIpc) is 1.76. The maximum atomic E-state index is 15.0. The van der Waals surface area contributed by atoms with Crippen LogP contribution in [0, 0.1) is 35.5 Å². The number of rotatable bonds is 24. The van der Waals surface area contributed by atoms with Gasteiger partial charge in [0.15, 0.2) is 12.2 Å². The molecule has 3 aliphatic heterocycles. The summed E-state index contributed by atoms with van der Waals surface area (Å²) in [5.74, 6) is -29.0. The largest absolute Gasteiger partial charge is 0.481 e. The van der Waals surface area contributed by atoms with Gasteiger partial charge in [0, 0.05) is 12.6 Å². The highest BCUT2D eigenvalue weighted by atomic mass is 16.7. The zero-order valence-corrected chi connectivity index (χ0v) is 57.0. The van der Waals surface area contributed by atoms with E-state index in [1.54, 1.807) is 19.1 Å². The molecular formula is C62H96N12O26. The van der Waals surface area contributed by atoms with Crippen LogP contribution in [0.25, 0.3) is 0 Å². The van der Waals surface area contributed by atoms with Crippen molar-refractivity contribution in [3.63, 3.8) is 0 Å². The number of carbonyl (C=O) groups is 16. The Labute approximate surface area is 574 Å². The van der Waals surface area contributed by atoms with Gasteiger partial charge in [0.2, 0.25) is 71.3 Å². The molecule has 3 rings (SSSR count). The predicted molar refractivity (Wildman–Crippen MR) is 343 cm³/mol. The van der Waals surface area contributed by atoms with Crippen LogP contribution in [0.5, 0.6) is 0 Å². The number of esters is 1. The Hall–Kier alpha value is -9.24. The summed E-state index contributed by atoms with van der Waals surface area (Å²) in [6, 6.07) is -19.7. The zero-order chi connectivity index (χ0) is 75.9. The minimum absolute atomic E-state index is 0.0328. The van der Waals surface area contributed by atoms with Gasteiger partial charge in [0.05, 0.1) is 30.8 Å². The van der Waals surface area contributed by atoms with E-state index in [0.29, 0.717) is 12.3 Å². The maximum absolute atomic E-state index is 15.0. The lowest BCUT2D eigenvalue weighted by molar-refractivity contribution is -0.288. The molecule has 0 bridgehead atoms. The number of aliphatic hydroxyl groups is 4. The molecule has 38 heteroatoms. The van der Waals surface area contributed by atoms with E-state index in [1.165, 1.54) is 40.7 Å². The number of carboxylic acid groups (broad SMARTS) is 4. The van der Waals surface area contributed by atoms with Gasteiger partial charge in [-0.15, -0.1) is 0 Å². The summed E-state index contributed by atoms with van der Waals surface area (Å²) in [5, 5.41) is 105. The molecule has 0 aliphatic carbocycles. The molecule has 9 unspecified atom stereocenters. The van der Waals surface area contributed by atoms with E-state index in [-0.39, 0.29) is 32.4 Å². The first kappa shape index (κ1) is 85.0. The molecule has 560 valence electrons. The van der Waals surface area contributed by atoms with Crippen molar-refractivity contribution in [1.82, 2.24) is 58.1 Å². The minimum Gasteiger partial charge on any atom is -0.481 e. The fourth-order valence-electron chi connectivity index (χ4n) is 10.6. The number of ether oxygens (including phenoxy) is 2. The number of hydrogen-bond donors (Lipinski definition) is 19. The van der Waals surface area contributed by atoms with Crippen LogP contribution in [0.15, 0.2) is 24.3 Å². The number of hydrogen-bond acceptors (Lipinski definition) is 23. The van der Waals surface area contributed by atoms with Crippen molar-refractivity contribution in [2.24, 2.45) is 41.2 Å². The molecule has 38 nitrogen and oxygen atoms in total. The quantitative estimate of drug-likeness (QED) is 0.0185. The van der Waals surface area contributed by atoms with Gasteiger partial charge in [0.25, 0.3) is 0 Å². The number of aliphatic carboxylic acids is 4. The van der Waals surface area contributed by atoms with E-state index in [9.17, 15) is 113 Å². The van der Waals surface area contributed by atoms with Gasteiger partial charge in [-0.05, 0) is 89.5 Å². The molecule has 3 saturated heterocycles. The molecular weight excluding hydrogens is 1330 g/mol. The summed E-state index contributed by atoms with van der Waals surface area (Å²) in [4.78, 5) is 222. The lowest BCUT2D eigenvalue weighted by Gasteiger charge is -2.38. The first-order valence-corrected chi connectivity index (χ1v) is 32.5. The van der Waals surface area contributed by atoms with Crippen molar-refractivity contribution in [3.8, 4) is 0 Å². The minimum atomic E-state index is -3.11. The van der Waals surface area contributed by atoms with Gasteiger partial charge >= 0.3 is 29.8 Å². The summed E-state index contributed by atoms with van der Waals surface area (Å²) in [6.07, 6.45) is -10.1. The van der Waals surface area contributed by atoms with Gasteiger partial charge in [0.1, 0.15) is 72.7 Å². The van der Waals surface area contributed by atoms with E-state index >= 15 is 4.79 Å². The third kappa shape index (κ3) is 24.9. The van der Waals surface area contributed by atoms with E-state index < -0.39 is 241 Å². The van der Waals surface area contributed by atoms with Crippen LogP contribution in [0.4, 0.5) is 0 Å². The van der Waals surface area contributed by atoms with Crippen LogP contribution >= 0.6 is 0 Å². The van der Waals surface area contributed by atoms with Crippen molar-refractivity contribution >= 4 is 94.8 Å². The predicted octanol–water partition coefficient (Wildman–Crippen LogP) is -6.56. The van der Waals surface area contributed by atoms with Gasteiger partial charge in [-0.2, -0.15) is 0 Å². The summed E-state index contributed by atoms with van der Waals surface area (Å²) >= 11 is 0. The van der Waals surface area contributed by atoms with Crippen LogP contribution in [0.2, 0.25) is 0 Å². The summed E-state index contributed by atoms with van der Waals surface area (Å²) in [6.45, 7) is 13.2. The number of aliphatic hydroxyl groups excluding tert-OH is 4. The molecule has 19 atom stereocenters. The van der Waals surface area contributed by atoms with Crippen LogP contribution in [0.1, 0.15) is 114 Å². The highest BCUT2D eigenvalue weighted by Crippen LogP contribution is 2.27. The number of carboxylic acids is 4. The molecule has 0 saturated carbocycles. The lowest BCUT2D eigenvalue weighted by atomic mass is 9.97. The van der Waals surface area contributed by atoms with Gasteiger partial charge in [-0.3, -0.25) is 67.1 Å². The number of nitrogens with zero attached hydrogens (tertiary/aromatic N) is 1. The molecule has 0 spiro atoms. The molecule has 0 aromatic heterocycles. The van der Waals surface area contributed by atoms with Crippen molar-refractivity contribution in [2.45, 2.75) is 211 Å². The van der Waals surface area contributed by atoms with Crippen molar-refractivity contribution in [2.75, 3.05) is 19.6 Å². The Morgan fingerprint density at radius 2 is 1.26 bits per heavy atom. The van der Waals surface area contributed by atoms with Crippen LogP contribution in [-0.4, -0.2) is 257 Å². The van der Waals surface area contributed by atoms with Crippen LogP contribution < -0.4 is 58.9 Å². The van der Waals surface area contributed by atoms with E-state index in [2.05, 4.69) is 37.2 Å². The zero-order valence-electron chi connectivity index (χ0n) is 57.0. The standard InChI is InChI=1S/C62H96N12O26/c1-25(2)17-13-11-12-14-19-35(75)68-40(29(8)58(92)93)54(88)72-42-31(10)65-51(85)34-21-28(7)24-74(34)57(91)39(27(5)6)71-53(87)41(30(9)59(94)95)69-36(76)23-64-49(83)33(22-37(77)78)67-56(90)43(44(79)61(98)100-62-47(82)45(80)46(81)48(99-62)60(96)97)73-50(84)32(18-15-16-20-63)66-52(86)38(26(3)4)70-55(42)89/h11-12,14,19,25-34,38-48,62,79-82H,13,15-18,20-24,63H2,1-10H3,(H,64,83)(H,65,85)(H,66,86)(H,67,90)(H,68,75)(H,69,76)(H,70,89)(H,71,87)(H,72,88)(H,73,84)(H,77,78)(H,92,93)(H,94,95)(H,96,97)/b12-11-,19-14+/t28-,29?,30?,31?,32+,33+,34+,38-,39+,40+,41-,42+,43+,44?,45?,46?,47?,48?,62?/m1/s1. The second kappa shape index (κ2) is 39.5. The molecule has 3 aliphatic rings. The Morgan fingerprint density at radius 1 is 0.670 bits per heavy atom. The average molecular weight is 1430 g/mol. The van der Waals surface area contributed by atoms with Crippen LogP contribution in [0.3, 0.4) is 0 Å². The molecule has 20 N–H and O–H groups in total. The molecule has 11 amide bonds. The Balaban J connectivity index is 2.36. The second-order valence-electron chi connectivity index (χ2n) is 26.0. The molecule has 3 heterocycles. The molecule has 100 heavy (non-hydrogen) atoms. The number of allylic oxidation sites excluding steroid dienone is 3. The van der Waals surface area contributed by atoms with Crippen molar-refractivity contribution in [3.05, 3.63) is 24.3 Å². The molecule has 0 aromatic rings. The monoisotopic (exact) mass is 1420 g/mol. The number of nitrogens with one attached hydrogen (secondary N) is 10. The van der Waals surface area contributed by atoms with E-state index in [4.69, 9.17) is 15.2 Å². The first-order valence-electron chi connectivity index (χ1n) is 32.5. The van der Waals surface area contributed by atoms with Crippen molar-refractivity contribution in [1.29, 1.82) is 0 Å². The SMILES string of the molecule is CC(C)CC/C=C\C=C\C(=O)N[C@H](C(=O)N[C@@H]1C(=O)N[C@H](C(C)C)C(=O)N[C@@H](CCCCN)C(=O)N[C@@H](C(O)C(=O)OC2OC(C(=O)O)C(O)C(O)C2O)C(=O)N[C@@H](CC(=O)O)C(=O)NCC(=O)N[C@H](C(C)C(=O)O)C(=O)N[C@@H](C(C)C)C(=O)N2C[C@H](C)C[C@H]2C(=O)NC1C)C(C)C(=O)O. The number of amides is 11. The smallest absolute Gasteiger partial charge is 0.340 e. The van der Waals surface area contributed by atoms with E-state index in [0.717, 1.165) is 31.2 Å². The Bertz CT molecular complexity index is 3060. The first-order chi connectivity index (χ1) is 46.6. The maximum Gasteiger partial charge on any atom is 0.340 e. The van der Waals surface area contributed by atoms with Crippen molar-refractivity contribution < 1.29 is 127 Å². The highest BCUT2D eigenvalue weighted by Gasteiger charge is 2.51. The van der Waals surface area contributed by atoms with Gasteiger partial charge in [-0.25, -0.2) is 9.59 Å². The number of unbranched alkanes of at least 4 members (excludes halogenated alkanes) is 1. The second-order valence-corrected chi connectivity index (χ2v) is 26.0. The molecule has 3 fully saturated rings. The topological polar surface area (TPSA) is 603 Å². The summed E-state index contributed by atoms with van der Waals surface area (Å²) < 4.78 is 9.86. The highest BCUT2D eigenvalue weighted by molar-refractivity contribution is 6.02. The number of fused-ring (bicyclic) bond motifs is 1. The number of nitrogens with two attached hydrogens (primary N) is 1. The summed E-state index contributed by atoms with van der Waals surface area (Å²) in [5.41, 5.74) is 5.74. The fourth-order valence-corrected chi connectivity index (χ4v) is 10.6. The van der Waals surface area contributed by atoms with Gasteiger partial charge in [-0.1, -0.05) is 66.7 Å². The molecule has 0 radical (unpaired) electrons. The third-order valence-corrected chi connectivity index (χ3v) is 16.6. The Kier molecular flexibility index (Phi) is 33.6. The van der Waals surface area contributed by atoms with Crippen LogP contribution in [-0.2, 0) is 86.2 Å². The normalized spacial score (nSPS) is 28.8. The van der Waals surface area contributed by atoms with Gasteiger partial charge < -0.3 is 114 Å². The number of carbonyl (C=O) groups excluding carboxylic acids is 12. The third-order valence-electron chi connectivity index (χ3n) is 16.6. The summed E-state index contributed by atoms with van der Waals surface area (Å²) in [7, 11) is 0. The lowest BCUT2D eigenvalue weighted by Crippen LogP contribution is -2.66. The Morgan fingerprint density at radius 3 is 1.83 bits per heavy atom. The fraction of sp³-hybridized carbons (Fsp3) is 0.677.